The Bertz CT molecular complexity index is 1760. The van der Waals surface area contributed by atoms with E-state index < -0.39 is 0 Å². The van der Waals surface area contributed by atoms with Gasteiger partial charge in [0.1, 0.15) is 0 Å². The molecule has 0 saturated carbocycles. The molecule has 0 amide bonds. The highest BCUT2D eigenvalue weighted by Crippen LogP contribution is 2.48. The molecule has 0 aliphatic carbocycles. The molecule has 1 atom stereocenters. The number of aromatic nitrogens is 1. The van der Waals surface area contributed by atoms with Crippen LogP contribution in [0, 0.1) is 0 Å². The van der Waals surface area contributed by atoms with E-state index >= 15 is 0 Å². The molecule has 1 unspecified atom stereocenters. The lowest BCUT2D eigenvalue weighted by molar-refractivity contribution is 0.359. The molecular formula is C39H38N2S. The highest BCUT2D eigenvalue weighted by Gasteiger charge is 2.29. The Hall–Kier alpha value is -4.47. The number of fused-ring (bicyclic) bond motifs is 2. The van der Waals surface area contributed by atoms with Gasteiger partial charge in [0.05, 0.1) is 17.3 Å². The highest BCUT2D eigenvalue weighted by molar-refractivity contribution is 8.03. The molecule has 0 radical (unpaired) electrons. The molecule has 0 fully saturated rings. The van der Waals surface area contributed by atoms with Crippen molar-refractivity contribution in [3.05, 3.63) is 168 Å². The van der Waals surface area contributed by atoms with E-state index in [4.69, 9.17) is 0 Å². The van der Waals surface area contributed by atoms with Gasteiger partial charge in [-0.1, -0.05) is 123 Å². The Kier molecular flexibility index (Phi) is 9.00. The monoisotopic (exact) mass is 566 g/mol. The topological polar surface area (TPSA) is 8.17 Å². The van der Waals surface area contributed by atoms with E-state index in [0.29, 0.717) is 0 Å². The van der Waals surface area contributed by atoms with E-state index in [-0.39, 0.29) is 6.04 Å². The van der Waals surface area contributed by atoms with Crippen LogP contribution in [0.25, 0.3) is 28.7 Å². The summed E-state index contributed by atoms with van der Waals surface area (Å²) in [7, 11) is 2.19. The van der Waals surface area contributed by atoms with Crippen molar-refractivity contribution in [1.29, 1.82) is 0 Å². The second-order valence-electron chi connectivity index (χ2n) is 10.3. The van der Waals surface area contributed by atoms with Crippen LogP contribution in [0.4, 0.5) is 0 Å². The number of para-hydroxylation sites is 1. The highest BCUT2D eigenvalue weighted by atomic mass is 32.2. The van der Waals surface area contributed by atoms with Crippen LogP contribution in [0.5, 0.6) is 0 Å². The molecule has 2 aliphatic heterocycles. The van der Waals surface area contributed by atoms with Gasteiger partial charge in [-0.2, -0.15) is 0 Å². The smallest absolute Gasteiger partial charge is 0.0738 e. The zero-order valence-electron chi connectivity index (χ0n) is 24.8. The predicted molar refractivity (Wildman–Crippen MR) is 186 cm³/mol. The molecule has 0 bridgehead atoms. The Labute approximate surface area is 255 Å². The minimum Gasteiger partial charge on any atom is -0.364 e. The first kappa shape index (κ1) is 29.0. The molecule has 0 saturated heterocycles. The van der Waals surface area contributed by atoms with Gasteiger partial charge in [0.2, 0.25) is 0 Å². The average Bonchev–Trinajstić information content (AvgIpc) is 3.55. The van der Waals surface area contributed by atoms with Crippen LogP contribution in [0.1, 0.15) is 42.3 Å². The van der Waals surface area contributed by atoms with Crippen molar-refractivity contribution in [2.24, 2.45) is 0 Å². The lowest BCUT2D eigenvalue weighted by atomic mass is 9.95. The standard InChI is InChI=1S/C39H38N2S/c1-7-12-13-20-31-26-29-25-30(41-37(19-10-4)32(11-5)33-21-14-15-22-38(33)41)27-34(39(29)42-31)36-24-16-23-35(40(36)6)28(17-8-2)18-9-3/h7-25,27,36H,1-2,5,26H2,3-4,6H3/b13-12-,18-9-,19-10-,28-17+,31-20+. The van der Waals surface area contributed by atoms with Crippen LogP contribution in [0.3, 0.4) is 0 Å². The summed E-state index contributed by atoms with van der Waals surface area (Å²) in [5, 5.41) is 1.21. The van der Waals surface area contributed by atoms with Gasteiger partial charge in [0.25, 0.3) is 0 Å². The van der Waals surface area contributed by atoms with Crippen LogP contribution in [-0.4, -0.2) is 16.5 Å². The van der Waals surface area contributed by atoms with Crippen LogP contribution in [0.2, 0.25) is 0 Å². The summed E-state index contributed by atoms with van der Waals surface area (Å²) in [6, 6.07) is 13.5. The first-order valence-corrected chi connectivity index (χ1v) is 15.2. The molecule has 2 nitrogen and oxygen atoms in total. The van der Waals surface area contributed by atoms with Crippen molar-refractivity contribution in [3.63, 3.8) is 0 Å². The molecule has 2 aliphatic rings. The quantitative estimate of drug-likeness (QED) is 0.238. The van der Waals surface area contributed by atoms with E-state index in [0.717, 1.165) is 28.9 Å². The maximum atomic E-state index is 4.18. The van der Waals surface area contributed by atoms with Crippen molar-refractivity contribution in [3.8, 4) is 5.69 Å². The summed E-state index contributed by atoms with van der Waals surface area (Å²) < 4.78 is 2.40. The molecule has 3 heteroatoms. The Morgan fingerprint density at radius 3 is 2.60 bits per heavy atom. The molecule has 0 N–H and O–H groups in total. The SMILES string of the molecule is C=C/C=C\C=C1/Cc2cc(-n3c(/C=C\C)c(C=C)c4ccccc43)cc(C3C=CC=C(C(/C=C\C)=C/C=C)N3C)c2S1. The third-order valence-corrected chi connectivity index (χ3v) is 8.89. The second-order valence-corrected chi connectivity index (χ2v) is 11.4. The molecule has 42 heavy (non-hydrogen) atoms. The van der Waals surface area contributed by atoms with Gasteiger partial charge >= 0.3 is 0 Å². The van der Waals surface area contributed by atoms with Crippen molar-refractivity contribution >= 4 is 34.8 Å². The van der Waals surface area contributed by atoms with E-state index in [1.165, 1.54) is 37.5 Å². The largest absolute Gasteiger partial charge is 0.364 e. The summed E-state index contributed by atoms with van der Waals surface area (Å²) in [6.07, 6.45) is 30.1. The number of allylic oxidation sites excluding steroid dienone is 12. The van der Waals surface area contributed by atoms with Gasteiger partial charge in [0.15, 0.2) is 0 Å². The van der Waals surface area contributed by atoms with Gasteiger partial charge in [-0.05, 0) is 65.8 Å². The number of hydrogen-bond donors (Lipinski definition) is 0. The van der Waals surface area contributed by atoms with Gasteiger partial charge in [-0.25, -0.2) is 0 Å². The lowest BCUT2D eigenvalue weighted by Gasteiger charge is -2.34. The van der Waals surface area contributed by atoms with Gasteiger partial charge in [-0.3, -0.25) is 0 Å². The van der Waals surface area contributed by atoms with Crippen molar-refractivity contribution in [1.82, 2.24) is 9.47 Å². The number of nitrogens with zero attached hydrogens (tertiary/aromatic N) is 2. The molecule has 2 aromatic carbocycles. The van der Waals surface area contributed by atoms with Gasteiger partial charge in [0, 0.05) is 40.7 Å². The molecule has 210 valence electrons. The fourth-order valence-corrected chi connectivity index (χ4v) is 7.08. The van der Waals surface area contributed by atoms with Crippen LogP contribution in [-0.2, 0) is 6.42 Å². The lowest BCUT2D eigenvalue weighted by Crippen LogP contribution is -2.26. The van der Waals surface area contributed by atoms with Crippen LogP contribution < -0.4 is 0 Å². The zero-order valence-corrected chi connectivity index (χ0v) is 25.6. The molecule has 3 aromatic rings. The third-order valence-electron chi connectivity index (χ3n) is 7.65. The number of likely N-dealkylation sites (N-methyl/N-ethyl adjacent to an activating group) is 1. The first-order valence-electron chi connectivity index (χ1n) is 14.3. The third kappa shape index (κ3) is 5.41. The Morgan fingerprint density at radius 2 is 1.86 bits per heavy atom. The Morgan fingerprint density at radius 1 is 1.02 bits per heavy atom. The maximum Gasteiger partial charge on any atom is 0.0738 e. The van der Waals surface area contributed by atoms with Crippen molar-refractivity contribution in [2.75, 3.05) is 7.05 Å². The maximum absolute atomic E-state index is 4.18. The van der Waals surface area contributed by atoms with E-state index in [1.807, 2.05) is 36.1 Å². The normalized spacial score (nSPS) is 18.1. The van der Waals surface area contributed by atoms with E-state index in [2.05, 4.69) is 147 Å². The van der Waals surface area contributed by atoms with Crippen molar-refractivity contribution < 1.29 is 0 Å². The summed E-state index contributed by atoms with van der Waals surface area (Å²) >= 11 is 1.88. The molecule has 0 spiro atoms. The van der Waals surface area contributed by atoms with Gasteiger partial charge < -0.3 is 9.47 Å². The first-order chi connectivity index (χ1) is 20.6. The van der Waals surface area contributed by atoms with Gasteiger partial charge in [-0.15, -0.1) is 0 Å². The number of thioether (sulfide) groups is 1. The zero-order chi connectivity index (χ0) is 29.6. The predicted octanol–water partition coefficient (Wildman–Crippen LogP) is 10.7. The molecule has 1 aromatic heterocycles. The summed E-state index contributed by atoms with van der Waals surface area (Å²) in [5.41, 5.74) is 9.61. The Balaban J connectivity index is 1.74. The fraction of sp³-hybridized carbons (Fsp3) is 0.128. The number of rotatable bonds is 9. The van der Waals surface area contributed by atoms with E-state index in [9.17, 15) is 0 Å². The minimum absolute atomic E-state index is 0.0682. The molecule has 5 rings (SSSR count). The molecule has 3 heterocycles. The average molecular weight is 567 g/mol. The summed E-state index contributed by atoms with van der Waals surface area (Å²) in [6.45, 7) is 16.1. The molecular weight excluding hydrogens is 529 g/mol. The van der Waals surface area contributed by atoms with Crippen LogP contribution >= 0.6 is 11.8 Å². The fourth-order valence-electron chi connectivity index (χ4n) is 5.88. The minimum atomic E-state index is 0.0682. The van der Waals surface area contributed by atoms with Crippen molar-refractivity contribution in [2.45, 2.75) is 31.2 Å². The summed E-state index contributed by atoms with van der Waals surface area (Å²) in [5.74, 6) is 0. The number of hydrogen-bond acceptors (Lipinski definition) is 2. The summed E-state index contributed by atoms with van der Waals surface area (Å²) in [4.78, 5) is 5.05. The van der Waals surface area contributed by atoms with Crippen LogP contribution in [0.15, 0.2) is 150 Å². The second kappa shape index (κ2) is 13.0. The van der Waals surface area contributed by atoms with E-state index in [1.54, 1.807) is 0 Å². The number of benzene rings is 2.